The summed E-state index contributed by atoms with van der Waals surface area (Å²) in [5.74, 6) is -1.16. The maximum atomic E-state index is 13.4. The van der Waals surface area contributed by atoms with Gasteiger partial charge in [-0.1, -0.05) is 18.5 Å². The zero-order valence-electron chi connectivity index (χ0n) is 10.0. The van der Waals surface area contributed by atoms with Crippen LogP contribution >= 0.6 is 35.0 Å². The summed E-state index contributed by atoms with van der Waals surface area (Å²) < 4.78 is 18.2. The van der Waals surface area contributed by atoms with Gasteiger partial charge in [-0.25, -0.2) is 4.39 Å². The smallest absolute Gasteiger partial charge is 0.316 e. The number of ether oxygens (including phenoxy) is 1. The van der Waals surface area contributed by atoms with Crippen molar-refractivity contribution in [3.63, 3.8) is 0 Å². The number of rotatable bonds is 6. The molecule has 1 rings (SSSR count). The molecule has 19 heavy (non-hydrogen) atoms. The van der Waals surface area contributed by atoms with Gasteiger partial charge in [0, 0.05) is 4.90 Å². The summed E-state index contributed by atoms with van der Waals surface area (Å²) in [6.07, 6.45) is 0.735. The first-order chi connectivity index (χ1) is 8.95. The second-order valence-corrected chi connectivity index (χ2v) is 5.31. The van der Waals surface area contributed by atoms with Gasteiger partial charge in [0.1, 0.15) is 5.82 Å². The zero-order chi connectivity index (χ0) is 14.4. The highest BCUT2D eigenvalue weighted by Crippen LogP contribution is 2.30. The lowest BCUT2D eigenvalue weighted by molar-refractivity contribution is -0.140. The van der Waals surface area contributed by atoms with E-state index >= 15 is 0 Å². The van der Waals surface area contributed by atoms with Crippen LogP contribution < -0.4 is 0 Å². The Morgan fingerprint density at radius 3 is 2.68 bits per heavy atom. The van der Waals surface area contributed by atoms with Gasteiger partial charge in [0.15, 0.2) is 0 Å². The molecule has 0 fully saturated rings. The fourth-order valence-electron chi connectivity index (χ4n) is 1.18. The molecular weight excluding hydrogens is 314 g/mol. The Morgan fingerprint density at radius 2 is 2.11 bits per heavy atom. The number of esters is 1. The molecule has 0 amide bonds. The van der Waals surface area contributed by atoms with Crippen LogP contribution in [0.3, 0.4) is 0 Å². The van der Waals surface area contributed by atoms with Gasteiger partial charge >= 0.3 is 5.97 Å². The molecule has 0 radical (unpaired) electrons. The second-order valence-electron chi connectivity index (χ2n) is 3.55. The van der Waals surface area contributed by atoms with Crippen LogP contribution in [0.5, 0.6) is 0 Å². The Balaban J connectivity index is 2.75. The van der Waals surface area contributed by atoms with Gasteiger partial charge in [0.2, 0.25) is 0 Å². The van der Waals surface area contributed by atoms with Crippen molar-refractivity contribution < 1.29 is 18.7 Å². The highest BCUT2D eigenvalue weighted by atomic mass is 35.5. The third-order valence-electron chi connectivity index (χ3n) is 2.05. The summed E-state index contributed by atoms with van der Waals surface area (Å²) in [5, 5.41) is -0.794. The molecule has 7 heteroatoms. The van der Waals surface area contributed by atoms with Gasteiger partial charge < -0.3 is 4.74 Å². The highest BCUT2D eigenvalue weighted by molar-refractivity contribution is 8.00. The Kier molecular flexibility index (Phi) is 6.62. The summed E-state index contributed by atoms with van der Waals surface area (Å²) in [6.45, 7) is 2.23. The Labute approximate surface area is 124 Å². The third kappa shape index (κ3) is 5.01. The molecule has 0 aliphatic heterocycles. The largest absolute Gasteiger partial charge is 0.465 e. The first kappa shape index (κ1) is 16.3. The van der Waals surface area contributed by atoms with Crippen LogP contribution in [0.2, 0.25) is 5.02 Å². The minimum Gasteiger partial charge on any atom is -0.465 e. The van der Waals surface area contributed by atoms with Gasteiger partial charge in [-0.2, -0.15) is 0 Å². The van der Waals surface area contributed by atoms with Crippen LogP contribution in [0.4, 0.5) is 4.39 Å². The second kappa shape index (κ2) is 7.72. The summed E-state index contributed by atoms with van der Waals surface area (Å²) in [7, 11) is 0. The number of carbonyl (C=O) groups is 2. The van der Waals surface area contributed by atoms with Crippen molar-refractivity contribution in [3.05, 3.63) is 28.5 Å². The van der Waals surface area contributed by atoms with E-state index < -0.39 is 17.0 Å². The minimum atomic E-state index is -0.912. The molecule has 0 bridgehead atoms. The average molecular weight is 325 g/mol. The lowest BCUT2D eigenvalue weighted by Crippen LogP contribution is -2.08. The number of thioether (sulfide) groups is 1. The van der Waals surface area contributed by atoms with E-state index in [1.165, 1.54) is 6.07 Å². The molecule has 104 valence electrons. The standard InChI is InChI=1S/C12H11Cl2FO3S/c1-2-3-18-11(16)6-19-10-4-7(12(14)17)9(15)5-8(10)13/h4-5H,2-3,6H2,1H3. The maximum absolute atomic E-state index is 13.4. The lowest BCUT2D eigenvalue weighted by Gasteiger charge is -2.07. The van der Waals surface area contributed by atoms with Crippen molar-refractivity contribution in [1.29, 1.82) is 0 Å². The molecule has 0 saturated heterocycles. The molecule has 0 spiro atoms. The zero-order valence-corrected chi connectivity index (χ0v) is 12.4. The maximum Gasteiger partial charge on any atom is 0.316 e. The summed E-state index contributed by atoms with van der Waals surface area (Å²) in [6, 6.07) is 2.22. The van der Waals surface area contributed by atoms with Crippen molar-refractivity contribution in [2.45, 2.75) is 18.2 Å². The van der Waals surface area contributed by atoms with E-state index in [4.69, 9.17) is 27.9 Å². The normalized spacial score (nSPS) is 10.3. The molecule has 0 aliphatic rings. The van der Waals surface area contributed by atoms with Crippen LogP contribution in [0.25, 0.3) is 0 Å². The first-order valence-corrected chi connectivity index (χ1v) is 7.17. The Morgan fingerprint density at radius 1 is 1.42 bits per heavy atom. The first-order valence-electron chi connectivity index (χ1n) is 5.43. The van der Waals surface area contributed by atoms with E-state index in [0.29, 0.717) is 11.5 Å². The molecule has 1 aromatic carbocycles. The topological polar surface area (TPSA) is 43.4 Å². The molecule has 0 N–H and O–H groups in total. The molecule has 1 aromatic rings. The fourth-order valence-corrected chi connectivity index (χ4v) is 2.40. The molecule has 0 heterocycles. The number of benzene rings is 1. The minimum absolute atomic E-state index is 0.0290. The highest BCUT2D eigenvalue weighted by Gasteiger charge is 2.15. The third-order valence-corrected chi connectivity index (χ3v) is 3.70. The number of carbonyl (C=O) groups excluding carboxylic acids is 2. The molecule has 0 saturated carbocycles. The number of halogens is 3. The van der Waals surface area contributed by atoms with E-state index in [1.54, 1.807) is 0 Å². The summed E-state index contributed by atoms with van der Waals surface area (Å²) in [5.41, 5.74) is -0.268. The van der Waals surface area contributed by atoms with Gasteiger partial charge in [0.25, 0.3) is 5.24 Å². The van der Waals surface area contributed by atoms with Crippen LogP contribution in [0.15, 0.2) is 17.0 Å². The fraction of sp³-hybridized carbons (Fsp3) is 0.333. The molecule has 0 unspecified atom stereocenters. The van der Waals surface area contributed by atoms with Gasteiger partial charge in [-0.05, 0) is 30.2 Å². The van der Waals surface area contributed by atoms with Crippen LogP contribution in [-0.4, -0.2) is 23.6 Å². The van der Waals surface area contributed by atoms with Crippen LogP contribution in [-0.2, 0) is 9.53 Å². The SMILES string of the molecule is CCCOC(=O)CSc1cc(C(=O)Cl)c(F)cc1Cl. The quantitative estimate of drug-likeness (QED) is 0.452. The van der Waals surface area contributed by atoms with Crippen molar-refractivity contribution in [2.75, 3.05) is 12.4 Å². The van der Waals surface area contributed by atoms with Crippen LogP contribution in [0, 0.1) is 5.82 Å². The monoisotopic (exact) mass is 324 g/mol. The van der Waals surface area contributed by atoms with E-state index in [1.807, 2.05) is 6.92 Å². The molecular formula is C12H11Cl2FO3S. The average Bonchev–Trinajstić information content (AvgIpc) is 2.34. The molecule has 0 atom stereocenters. The summed E-state index contributed by atoms with van der Waals surface area (Å²) >= 11 is 12.1. The van der Waals surface area contributed by atoms with Crippen LogP contribution in [0.1, 0.15) is 23.7 Å². The number of hydrogen-bond acceptors (Lipinski definition) is 4. The Bertz CT molecular complexity index is 494. The van der Waals surface area contributed by atoms with E-state index in [0.717, 1.165) is 24.2 Å². The van der Waals surface area contributed by atoms with Crippen molar-refractivity contribution >= 4 is 46.2 Å². The molecule has 0 aliphatic carbocycles. The van der Waals surface area contributed by atoms with Crippen molar-refractivity contribution in [2.24, 2.45) is 0 Å². The summed E-state index contributed by atoms with van der Waals surface area (Å²) in [4.78, 5) is 22.7. The molecule has 3 nitrogen and oxygen atoms in total. The predicted octanol–water partition coefficient (Wildman–Crippen LogP) is 3.90. The van der Waals surface area contributed by atoms with E-state index in [2.05, 4.69) is 0 Å². The Hall–Kier alpha value is -0.780. The lowest BCUT2D eigenvalue weighted by atomic mass is 10.2. The van der Waals surface area contributed by atoms with Gasteiger partial charge in [-0.15, -0.1) is 11.8 Å². The van der Waals surface area contributed by atoms with E-state index in [-0.39, 0.29) is 16.3 Å². The number of hydrogen-bond donors (Lipinski definition) is 0. The van der Waals surface area contributed by atoms with E-state index in [9.17, 15) is 14.0 Å². The van der Waals surface area contributed by atoms with Gasteiger partial charge in [-0.3, -0.25) is 9.59 Å². The molecule has 0 aromatic heterocycles. The van der Waals surface area contributed by atoms with Crippen molar-refractivity contribution in [3.8, 4) is 0 Å². The van der Waals surface area contributed by atoms with Crippen molar-refractivity contribution in [1.82, 2.24) is 0 Å². The predicted molar refractivity (Wildman–Crippen MR) is 73.6 cm³/mol. The van der Waals surface area contributed by atoms with Gasteiger partial charge in [0.05, 0.1) is 22.9 Å².